The van der Waals surface area contributed by atoms with E-state index in [1.165, 1.54) is 5.56 Å². The first kappa shape index (κ1) is 11.5. The molecule has 1 aliphatic heterocycles. The van der Waals surface area contributed by atoms with E-state index in [0.29, 0.717) is 5.92 Å². The molecule has 2 nitrogen and oxygen atoms in total. The van der Waals surface area contributed by atoms with Crippen LogP contribution in [-0.2, 0) is 4.79 Å². The van der Waals surface area contributed by atoms with Gasteiger partial charge < -0.3 is 5.32 Å². The van der Waals surface area contributed by atoms with Gasteiger partial charge in [0, 0.05) is 12.3 Å². The van der Waals surface area contributed by atoms with Crippen LogP contribution < -0.4 is 5.32 Å². The zero-order chi connectivity index (χ0) is 11.4. The summed E-state index contributed by atoms with van der Waals surface area (Å²) in [4.78, 5) is 11.4. The average Bonchev–Trinajstić information content (AvgIpc) is 2.73. The standard InChI is InChI=1S/C13H17NOS/c1-10(11-5-3-2-4-6-11)9-16-12-7-8-14-13(12)15/h2-6,10,12H,7-9H2,1H3,(H,14,15)/t10-,12+/m0/s1. The Morgan fingerprint density at radius 3 is 2.81 bits per heavy atom. The lowest BCUT2D eigenvalue weighted by Crippen LogP contribution is -2.21. The molecule has 0 aromatic heterocycles. The van der Waals surface area contributed by atoms with Gasteiger partial charge in [-0.3, -0.25) is 4.79 Å². The summed E-state index contributed by atoms with van der Waals surface area (Å²) in [6, 6.07) is 10.5. The monoisotopic (exact) mass is 235 g/mol. The summed E-state index contributed by atoms with van der Waals surface area (Å²) in [7, 11) is 0. The van der Waals surface area contributed by atoms with E-state index in [1.54, 1.807) is 11.8 Å². The summed E-state index contributed by atoms with van der Waals surface area (Å²) < 4.78 is 0. The second-order valence-corrected chi connectivity index (χ2v) is 5.45. The van der Waals surface area contributed by atoms with Crippen molar-refractivity contribution in [2.75, 3.05) is 12.3 Å². The second-order valence-electron chi connectivity index (χ2n) is 4.21. The average molecular weight is 235 g/mol. The fraction of sp³-hybridized carbons (Fsp3) is 0.462. The van der Waals surface area contributed by atoms with E-state index in [-0.39, 0.29) is 11.2 Å². The molecule has 0 spiro atoms. The highest BCUT2D eigenvalue weighted by Gasteiger charge is 2.24. The van der Waals surface area contributed by atoms with E-state index in [2.05, 4.69) is 36.5 Å². The van der Waals surface area contributed by atoms with Gasteiger partial charge in [0.05, 0.1) is 5.25 Å². The Hall–Kier alpha value is -0.960. The molecule has 0 saturated carbocycles. The fourth-order valence-corrected chi connectivity index (χ4v) is 3.10. The quantitative estimate of drug-likeness (QED) is 0.868. The first-order valence-electron chi connectivity index (χ1n) is 5.71. The van der Waals surface area contributed by atoms with Crippen LogP contribution in [0, 0.1) is 0 Å². The molecule has 86 valence electrons. The number of carbonyl (C=O) groups excluding carboxylic acids is 1. The zero-order valence-corrected chi connectivity index (χ0v) is 10.3. The van der Waals surface area contributed by atoms with E-state index in [0.717, 1.165) is 18.7 Å². The molecule has 1 saturated heterocycles. The molecule has 2 atom stereocenters. The van der Waals surface area contributed by atoms with Gasteiger partial charge in [-0.2, -0.15) is 0 Å². The molecule has 16 heavy (non-hydrogen) atoms. The molecule has 1 heterocycles. The number of carbonyl (C=O) groups is 1. The molecule has 3 heteroatoms. The minimum atomic E-state index is 0.172. The third-order valence-electron chi connectivity index (χ3n) is 2.91. The van der Waals surface area contributed by atoms with Crippen LogP contribution in [0.5, 0.6) is 0 Å². The number of hydrogen-bond donors (Lipinski definition) is 1. The number of thioether (sulfide) groups is 1. The molecular formula is C13H17NOS. The second kappa shape index (κ2) is 5.39. The number of rotatable bonds is 4. The Kier molecular flexibility index (Phi) is 3.88. The van der Waals surface area contributed by atoms with Crippen molar-refractivity contribution in [3.05, 3.63) is 35.9 Å². The topological polar surface area (TPSA) is 29.1 Å². The van der Waals surface area contributed by atoms with Gasteiger partial charge in [-0.1, -0.05) is 37.3 Å². The van der Waals surface area contributed by atoms with Crippen LogP contribution in [0.2, 0.25) is 0 Å². The molecule has 1 amide bonds. The Morgan fingerprint density at radius 1 is 1.44 bits per heavy atom. The van der Waals surface area contributed by atoms with Crippen molar-refractivity contribution >= 4 is 17.7 Å². The highest BCUT2D eigenvalue weighted by Crippen LogP contribution is 2.25. The molecule has 0 unspecified atom stereocenters. The highest BCUT2D eigenvalue weighted by atomic mass is 32.2. The smallest absolute Gasteiger partial charge is 0.233 e. The summed E-state index contributed by atoms with van der Waals surface area (Å²) in [6.07, 6.45) is 0.977. The normalized spacial score (nSPS) is 21.8. The van der Waals surface area contributed by atoms with E-state index in [1.807, 2.05) is 6.07 Å². The van der Waals surface area contributed by atoms with E-state index < -0.39 is 0 Å². The van der Waals surface area contributed by atoms with Crippen LogP contribution in [0.4, 0.5) is 0 Å². The molecule has 2 rings (SSSR count). The molecular weight excluding hydrogens is 218 g/mol. The van der Waals surface area contributed by atoms with E-state index in [9.17, 15) is 4.79 Å². The lowest BCUT2D eigenvalue weighted by molar-refractivity contribution is -0.118. The lowest BCUT2D eigenvalue weighted by Gasteiger charge is -2.13. The van der Waals surface area contributed by atoms with Crippen LogP contribution in [0.1, 0.15) is 24.8 Å². The van der Waals surface area contributed by atoms with Crippen molar-refractivity contribution in [3.8, 4) is 0 Å². The zero-order valence-electron chi connectivity index (χ0n) is 9.48. The fourth-order valence-electron chi connectivity index (χ4n) is 1.87. The summed E-state index contributed by atoms with van der Waals surface area (Å²) in [5, 5.41) is 3.05. The van der Waals surface area contributed by atoms with Crippen molar-refractivity contribution in [1.82, 2.24) is 5.32 Å². The van der Waals surface area contributed by atoms with Crippen molar-refractivity contribution in [2.45, 2.75) is 24.5 Å². The van der Waals surface area contributed by atoms with E-state index in [4.69, 9.17) is 0 Å². The highest BCUT2D eigenvalue weighted by molar-refractivity contribution is 8.00. The molecule has 1 aromatic carbocycles. The molecule has 1 aromatic rings. The van der Waals surface area contributed by atoms with Crippen molar-refractivity contribution < 1.29 is 4.79 Å². The van der Waals surface area contributed by atoms with Crippen LogP contribution in [0.25, 0.3) is 0 Å². The third-order valence-corrected chi connectivity index (χ3v) is 4.46. The van der Waals surface area contributed by atoms with Gasteiger partial charge in [-0.25, -0.2) is 0 Å². The molecule has 1 fully saturated rings. The molecule has 0 radical (unpaired) electrons. The maximum atomic E-state index is 11.4. The largest absolute Gasteiger partial charge is 0.355 e. The van der Waals surface area contributed by atoms with Crippen LogP contribution in [0.3, 0.4) is 0 Å². The van der Waals surface area contributed by atoms with Crippen LogP contribution in [0.15, 0.2) is 30.3 Å². The van der Waals surface area contributed by atoms with Crippen LogP contribution >= 0.6 is 11.8 Å². The number of nitrogens with one attached hydrogen (secondary N) is 1. The van der Waals surface area contributed by atoms with Gasteiger partial charge in [-0.05, 0) is 17.9 Å². The number of hydrogen-bond acceptors (Lipinski definition) is 2. The Bertz CT molecular complexity index is 352. The van der Waals surface area contributed by atoms with Crippen molar-refractivity contribution in [2.24, 2.45) is 0 Å². The maximum absolute atomic E-state index is 11.4. The van der Waals surface area contributed by atoms with Gasteiger partial charge in [0.25, 0.3) is 0 Å². The minimum Gasteiger partial charge on any atom is -0.355 e. The Morgan fingerprint density at radius 2 is 2.19 bits per heavy atom. The van der Waals surface area contributed by atoms with Gasteiger partial charge in [0.1, 0.15) is 0 Å². The van der Waals surface area contributed by atoms with E-state index >= 15 is 0 Å². The number of amides is 1. The number of benzene rings is 1. The van der Waals surface area contributed by atoms with Gasteiger partial charge in [0.2, 0.25) is 5.91 Å². The predicted molar refractivity (Wildman–Crippen MR) is 68.7 cm³/mol. The first-order valence-corrected chi connectivity index (χ1v) is 6.76. The van der Waals surface area contributed by atoms with Gasteiger partial charge in [-0.15, -0.1) is 11.8 Å². The summed E-state index contributed by atoms with van der Waals surface area (Å²) in [5.41, 5.74) is 1.36. The summed E-state index contributed by atoms with van der Waals surface area (Å²) in [6.45, 7) is 3.06. The SMILES string of the molecule is C[C@@H](CS[C@@H]1CCNC1=O)c1ccccc1. The minimum absolute atomic E-state index is 0.172. The Labute approximate surface area is 101 Å². The van der Waals surface area contributed by atoms with Crippen molar-refractivity contribution in [1.29, 1.82) is 0 Å². The molecule has 1 N–H and O–H groups in total. The summed E-state index contributed by atoms with van der Waals surface area (Å²) in [5.74, 6) is 1.74. The third kappa shape index (κ3) is 2.79. The van der Waals surface area contributed by atoms with Gasteiger partial charge in [0.15, 0.2) is 0 Å². The van der Waals surface area contributed by atoms with Gasteiger partial charge >= 0.3 is 0 Å². The molecule has 1 aliphatic rings. The lowest BCUT2D eigenvalue weighted by atomic mass is 10.0. The molecule has 0 bridgehead atoms. The summed E-state index contributed by atoms with van der Waals surface area (Å²) >= 11 is 1.78. The predicted octanol–water partition coefficient (Wildman–Crippen LogP) is 2.41. The Balaban J connectivity index is 1.84. The molecule has 0 aliphatic carbocycles. The maximum Gasteiger partial charge on any atom is 0.233 e. The first-order chi connectivity index (χ1) is 7.77. The van der Waals surface area contributed by atoms with Crippen molar-refractivity contribution in [3.63, 3.8) is 0 Å². The van der Waals surface area contributed by atoms with Crippen LogP contribution in [-0.4, -0.2) is 23.5 Å².